The minimum Gasteiger partial charge on any atom is -0.504 e. The number of ether oxygens (including phenoxy) is 5. The molecular formula is C41H43N3O11S. The van der Waals surface area contributed by atoms with Gasteiger partial charge in [0.05, 0.1) is 37.1 Å². The van der Waals surface area contributed by atoms with E-state index in [4.69, 9.17) is 28.1 Å². The molecule has 1 spiro atoms. The molecule has 2 saturated heterocycles. The van der Waals surface area contributed by atoms with Gasteiger partial charge in [-0.15, -0.1) is 11.8 Å². The number of aryl methyl sites for hydroxylation is 1. The van der Waals surface area contributed by atoms with Crippen LogP contribution >= 0.6 is 11.8 Å². The quantitative estimate of drug-likeness (QED) is 0.175. The van der Waals surface area contributed by atoms with Gasteiger partial charge >= 0.3 is 11.9 Å². The molecule has 11 rings (SSSR count). The average Bonchev–Trinajstić information content (AvgIpc) is 3.82. The summed E-state index contributed by atoms with van der Waals surface area (Å²) in [5, 5.41) is 39.0. The molecule has 7 aliphatic rings. The summed E-state index contributed by atoms with van der Waals surface area (Å²) < 4.78 is 37.1. The second kappa shape index (κ2) is 12.7. The van der Waals surface area contributed by atoms with Crippen LogP contribution in [0.2, 0.25) is 0 Å². The maximum absolute atomic E-state index is 14.9. The van der Waals surface area contributed by atoms with Crippen molar-refractivity contribution in [2.75, 3.05) is 39.9 Å². The Morgan fingerprint density at radius 1 is 1.09 bits per heavy atom. The summed E-state index contributed by atoms with van der Waals surface area (Å²) in [6, 6.07) is 6.82. The highest BCUT2D eigenvalue weighted by Gasteiger charge is 2.62. The molecule has 0 amide bonds. The number of piperazine rings is 1. The molecule has 0 aliphatic carbocycles. The fourth-order valence-electron chi connectivity index (χ4n) is 10.5. The SMILES string of the molecule is COc1c(C)cc2c(c1O)[C@@H]1[C@@H]3[C@@H]4SC[C@]5(N[C@@H](CO)Cc6c5oc5ccccc65)C(=O)OC[C@@H](c5c6c(c(C)c(OC(C)=O)c54)OCO6)N3[C@@H](O)[C@H](C2)N1C. The number of phenolic OH excluding ortho intramolecular Hbond substituents is 1. The molecule has 1 aromatic heterocycles. The van der Waals surface area contributed by atoms with Crippen LogP contribution in [-0.2, 0) is 32.7 Å². The number of nitrogens with zero attached hydrogens (tertiary/aromatic N) is 2. The summed E-state index contributed by atoms with van der Waals surface area (Å²) in [6.07, 6.45) is -0.181. The number of hydrogen-bond acceptors (Lipinski definition) is 15. The zero-order valence-electron chi connectivity index (χ0n) is 31.6. The van der Waals surface area contributed by atoms with Gasteiger partial charge in [-0.1, -0.05) is 24.3 Å². The van der Waals surface area contributed by atoms with E-state index in [-0.39, 0.29) is 31.5 Å². The zero-order valence-corrected chi connectivity index (χ0v) is 32.4. The molecule has 0 saturated carbocycles. The first-order valence-corrected chi connectivity index (χ1v) is 19.9. The van der Waals surface area contributed by atoms with Gasteiger partial charge in [-0.2, -0.15) is 0 Å². The van der Waals surface area contributed by atoms with Crippen LogP contribution in [0.5, 0.6) is 28.7 Å². The number of hydrogen-bond donors (Lipinski definition) is 4. The fourth-order valence-corrected chi connectivity index (χ4v) is 12.2. The van der Waals surface area contributed by atoms with Crippen molar-refractivity contribution >= 4 is 34.7 Å². The lowest BCUT2D eigenvalue weighted by Crippen LogP contribution is -2.70. The first kappa shape index (κ1) is 35.9. The van der Waals surface area contributed by atoms with E-state index in [1.54, 1.807) is 0 Å². The van der Waals surface area contributed by atoms with Crippen molar-refractivity contribution in [1.82, 2.24) is 15.1 Å². The van der Waals surface area contributed by atoms with Crippen LogP contribution in [0.3, 0.4) is 0 Å². The van der Waals surface area contributed by atoms with E-state index in [0.717, 1.165) is 22.1 Å². The number of benzene rings is 3. The largest absolute Gasteiger partial charge is 0.504 e. The van der Waals surface area contributed by atoms with E-state index in [2.05, 4.69) is 10.2 Å². The predicted octanol–water partition coefficient (Wildman–Crippen LogP) is 3.81. The molecule has 2 fully saturated rings. The van der Waals surface area contributed by atoms with Crippen LogP contribution in [0.1, 0.15) is 69.0 Å². The van der Waals surface area contributed by atoms with Crippen LogP contribution in [-0.4, -0.2) is 101 Å². The van der Waals surface area contributed by atoms with Crippen LogP contribution in [0.25, 0.3) is 11.0 Å². The molecule has 8 atom stereocenters. The predicted molar refractivity (Wildman–Crippen MR) is 202 cm³/mol. The van der Waals surface area contributed by atoms with Gasteiger partial charge in [0.15, 0.2) is 28.5 Å². The Hall–Kier alpha value is -4.51. The number of furan rings is 1. The Balaban J connectivity index is 1.25. The molecule has 0 unspecified atom stereocenters. The monoisotopic (exact) mass is 785 g/mol. The van der Waals surface area contributed by atoms with Crippen molar-refractivity contribution < 1.29 is 53.0 Å². The maximum Gasteiger partial charge on any atom is 0.335 e. The molecule has 8 heterocycles. The minimum absolute atomic E-state index is 0.0314. The number of methoxy groups -OCH3 is 1. The van der Waals surface area contributed by atoms with Crippen molar-refractivity contribution in [2.24, 2.45) is 0 Å². The van der Waals surface area contributed by atoms with Gasteiger partial charge in [0.25, 0.3) is 0 Å². The number of carbonyl (C=O) groups excluding carboxylic acids is 2. The first-order chi connectivity index (χ1) is 27.0. The molecule has 4 N–H and O–H groups in total. The number of para-hydroxylation sites is 1. The van der Waals surface area contributed by atoms with Gasteiger partial charge in [-0.3, -0.25) is 19.9 Å². The first-order valence-electron chi connectivity index (χ1n) is 18.9. The Morgan fingerprint density at radius 3 is 2.64 bits per heavy atom. The lowest BCUT2D eigenvalue weighted by Gasteiger charge is -2.62. The number of thioether (sulfide) groups is 1. The van der Waals surface area contributed by atoms with Crippen LogP contribution in [0.15, 0.2) is 34.7 Å². The summed E-state index contributed by atoms with van der Waals surface area (Å²) in [5.41, 5.74) is 4.13. The number of aromatic hydroxyl groups is 1. The molecule has 294 valence electrons. The number of rotatable bonds is 3. The highest BCUT2D eigenvalue weighted by Crippen LogP contribution is 2.64. The number of likely N-dealkylation sites (N-methyl/N-ethyl adjacent to an activating group) is 1. The van der Waals surface area contributed by atoms with Gasteiger partial charge in [-0.25, -0.2) is 4.79 Å². The summed E-state index contributed by atoms with van der Waals surface area (Å²) in [5.74, 6) is 0.970. The number of aliphatic hydroxyl groups is 2. The lowest BCUT2D eigenvalue weighted by molar-refractivity contribution is -0.186. The highest BCUT2D eigenvalue weighted by atomic mass is 32.2. The van der Waals surface area contributed by atoms with Gasteiger partial charge in [0.1, 0.15) is 29.9 Å². The molecule has 3 aromatic carbocycles. The number of aliphatic hydroxyl groups excluding tert-OH is 2. The number of nitrogens with one attached hydrogen (secondary N) is 1. The van der Waals surface area contributed by atoms with Crippen molar-refractivity contribution in [1.29, 1.82) is 0 Å². The normalized spacial score (nSPS) is 30.3. The summed E-state index contributed by atoms with van der Waals surface area (Å²) in [4.78, 5) is 32.0. The fraction of sp³-hybridized carbons (Fsp3) is 0.463. The van der Waals surface area contributed by atoms with Gasteiger partial charge < -0.3 is 43.4 Å². The Morgan fingerprint density at radius 2 is 1.88 bits per heavy atom. The topological polar surface area (TPSA) is 173 Å². The number of carbonyl (C=O) groups is 2. The smallest absolute Gasteiger partial charge is 0.335 e. The minimum atomic E-state index is -1.53. The molecule has 14 nitrogen and oxygen atoms in total. The average molecular weight is 786 g/mol. The van der Waals surface area contributed by atoms with E-state index in [0.29, 0.717) is 69.4 Å². The second-order valence-electron chi connectivity index (χ2n) is 15.7. The van der Waals surface area contributed by atoms with E-state index in [1.807, 2.05) is 56.1 Å². The number of fused-ring (bicyclic) bond motifs is 11. The Labute approximate surface area is 326 Å². The van der Waals surface area contributed by atoms with Crippen molar-refractivity contribution in [3.8, 4) is 28.7 Å². The molecule has 4 aromatic rings. The number of esters is 2. The zero-order chi connectivity index (χ0) is 38.9. The third-order valence-corrected chi connectivity index (χ3v) is 14.3. The van der Waals surface area contributed by atoms with E-state index >= 15 is 0 Å². The van der Waals surface area contributed by atoms with Gasteiger partial charge in [0.2, 0.25) is 6.79 Å². The summed E-state index contributed by atoms with van der Waals surface area (Å²) >= 11 is 1.43. The Kier molecular flexibility index (Phi) is 8.17. The summed E-state index contributed by atoms with van der Waals surface area (Å²) in [6.45, 7) is 4.53. The van der Waals surface area contributed by atoms with Gasteiger partial charge in [-0.05, 0) is 50.9 Å². The third-order valence-electron chi connectivity index (χ3n) is 12.8. The molecule has 56 heavy (non-hydrogen) atoms. The van der Waals surface area contributed by atoms with Crippen LogP contribution in [0.4, 0.5) is 0 Å². The molecule has 7 aliphatic heterocycles. The van der Waals surface area contributed by atoms with E-state index in [9.17, 15) is 24.9 Å². The van der Waals surface area contributed by atoms with Crippen molar-refractivity contribution in [3.05, 3.63) is 75.0 Å². The number of phenols is 1. The third kappa shape index (κ3) is 4.75. The molecule has 4 bridgehead atoms. The van der Waals surface area contributed by atoms with E-state index < -0.39 is 59.2 Å². The molecule has 15 heteroatoms. The van der Waals surface area contributed by atoms with Gasteiger partial charge in [0, 0.05) is 58.0 Å². The van der Waals surface area contributed by atoms with Crippen molar-refractivity contribution in [2.45, 2.75) is 80.8 Å². The second-order valence-corrected chi connectivity index (χ2v) is 16.8. The lowest BCUT2D eigenvalue weighted by atomic mass is 9.73. The molecule has 0 radical (unpaired) electrons. The van der Waals surface area contributed by atoms with Crippen LogP contribution < -0.4 is 24.3 Å². The van der Waals surface area contributed by atoms with Crippen LogP contribution in [0, 0.1) is 13.8 Å². The molecular weight excluding hydrogens is 743 g/mol. The van der Waals surface area contributed by atoms with E-state index in [1.165, 1.54) is 25.8 Å². The highest BCUT2D eigenvalue weighted by molar-refractivity contribution is 7.99. The standard InChI is InChI=1S/C41H43N3O11S/c1-17-10-20-11-24-39(48)44-25-14-51-40(49)41(38-23(12-21(13-45)42-41)22-8-6-7-9-26(22)55-38)15-56-37(31(44)30(43(24)4)27(20)32(47)33(17)50-5)29-28(25)36-35(52-16-53-36)18(2)34(29)54-19(3)46/h6-10,21,24-25,30-31,37,39,42,45,47-48H,11-16H2,1-5H3/t21-,24+,25+,30-,31-,37-,39+,41-/m1/s1. The maximum atomic E-state index is 14.9. The Bertz CT molecular complexity index is 2350. The van der Waals surface area contributed by atoms with Crippen molar-refractivity contribution in [3.63, 3.8) is 0 Å². The summed E-state index contributed by atoms with van der Waals surface area (Å²) in [7, 11) is 3.49.